The first-order valence-corrected chi connectivity index (χ1v) is 7.53. The number of rotatable bonds is 5. The molecule has 0 amide bonds. The Labute approximate surface area is 138 Å². The molecule has 0 radical (unpaired) electrons. The van der Waals surface area contributed by atoms with E-state index in [2.05, 4.69) is 11.2 Å². The number of carbonyl (C=O) groups is 1. The minimum absolute atomic E-state index is 0.0993. The lowest BCUT2D eigenvalue weighted by molar-refractivity contribution is -0.142. The summed E-state index contributed by atoms with van der Waals surface area (Å²) in [5.41, 5.74) is 0.756. The van der Waals surface area contributed by atoms with E-state index in [1.807, 2.05) is 4.90 Å². The summed E-state index contributed by atoms with van der Waals surface area (Å²) in [6, 6.07) is 3.85. The number of carboxylic acid groups (broad SMARTS) is 1. The van der Waals surface area contributed by atoms with Gasteiger partial charge in [0.2, 0.25) is 0 Å². The van der Waals surface area contributed by atoms with Crippen LogP contribution in [0.3, 0.4) is 0 Å². The highest BCUT2D eigenvalue weighted by molar-refractivity contribution is 5.83. The van der Waals surface area contributed by atoms with Gasteiger partial charge in [-0.1, -0.05) is 0 Å². The highest BCUT2D eigenvalue weighted by atomic mass is 16.5. The Bertz CT molecular complexity index is 825. The van der Waals surface area contributed by atoms with E-state index in [1.165, 1.54) is 6.20 Å². The number of hydrogen-bond donors (Lipinski definition) is 2. The molecule has 0 atom stereocenters. The van der Waals surface area contributed by atoms with Crippen LogP contribution in [0.15, 0.2) is 18.5 Å². The van der Waals surface area contributed by atoms with Crippen molar-refractivity contribution in [1.29, 1.82) is 5.26 Å². The molecule has 1 aliphatic heterocycles. The fourth-order valence-electron chi connectivity index (χ4n) is 2.57. The van der Waals surface area contributed by atoms with Crippen molar-refractivity contribution in [3.05, 3.63) is 24.0 Å². The normalized spacial score (nSPS) is 15.2. The quantitative estimate of drug-likeness (QED) is 0.837. The van der Waals surface area contributed by atoms with Gasteiger partial charge < -0.3 is 19.8 Å². The second-order valence-corrected chi connectivity index (χ2v) is 6.57. The average Bonchev–Trinajstić information content (AvgIpc) is 2.85. The Balaban J connectivity index is 1.96. The summed E-state index contributed by atoms with van der Waals surface area (Å²) in [6.07, 6.45) is 3.10. The van der Waals surface area contributed by atoms with Crippen LogP contribution < -0.4 is 9.64 Å². The van der Waals surface area contributed by atoms with E-state index < -0.39 is 17.5 Å². The Hall–Kier alpha value is -2.79. The fourth-order valence-corrected chi connectivity index (χ4v) is 2.57. The lowest BCUT2D eigenvalue weighted by Gasteiger charge is -2.39. The van der Waals surface area contributed by atoms with Gasteiger partial charge in [0, 0.05) is 19.2 Å². The van der Waals surface area contributed by atoms with Crippen LogP contribution in [0.5, 0.6) is 5.75 Å². The summed E-state index contributed by atoms with van der Waals surface area (Å²) in [5, 5.41) is 32.3. The third-order valence-electron chi connectivity index (χ3n) is 3.85. The van der Waals surface area contributed by atoms with Crippen molar-refractivity contribution in [3.8, 4) is 11.8 Å². The van der Waals surface area contributed by atoms with Crippen LogP contribution >= 0.6 is 0 Å². The Morgan fingerprint density at radius 1 is 1.54 bits per heavy atom. The van der Waals surface area contributed by atoms with Crippen molar-refractivity contribution in [2.24, 2.45) is 5.92 Å². The zero-order chi connectivity index (χ0) is 17.5. The number of aliphatic carboxylic acids is 1. The maximum atomic E-state index is 11.0. The number of ether oxygens (including phenoxy) is 1. The second-order valence-electron chi connectivity index (χ2n) is 6.57. The molecule has 0 saturated carbocycles. The Morgan fingerprint density at radius 3 is 2.83 bits per heavy atom. The largest absolute Gasteiger partial charge is 0.489 e. The van der Waals surface area contributed by atoms with Gasteiger partial charge in [-0.3, -0.25) is 4.79 Å². The van der Waals surface area contributed by atoms with Crippen LogP contribution in [-0.4, -0.2) is 51.1 Å². The minimum Gasteiger partial charge on any atom is -0.489 e. The summed E-state index contributed by atoms with van der Waals surface area (Å²) in [4.78, 5) is 12.9. The van der Waals surface area contributed by atoms with Gasteiger partial charge in [0.05, 0.1) is 35.2 Å². The molecule has 0 bridgehead atoms. The van der Waals surface area contributed by atoms with Gasteiger partial charge in [0.15, 0.2) is 0 Å². The predicted molar refractivity (Wildman–Crippen MR) is 85.0 cm³/mol. The highest BCUT2D eigenvalue weighted by Gasteiger charge is 2.34. The fraction of sp³-hybridized carbons (Fsp3) is 0.438. The van der Waals surface area contributed by atoms with Gasteiger partial charge in [-0.15, -0.1) is 0 Å². The number of nitrogens with zero attached hydrogens (tertiary/aromatic N) is 4. The molecule has 1 fully saturated rings. The first kappa shape index (κ1) is 16.1. The lowest BCUT2D eigenvalue weighted by Crippen LogP contribution is -2.50. The van der Waals surface area contributed by atoms with Crippen molar-refractivity contribution in [1.82, 2.24) is 9.61 Å². The number of carboxylic acids is 1. The SMILES string of the molecule is CC(C)(O)COc1cc(N2CC(C(=O)O)C2)c2c(C#N)cnn2c1. The molecule has 8 heteroatoms. The lowest BCUT2D eigenvalue weighted by atomic mass is 9.99. The van der Waals surface area contributed by atoms with Crippen molar-refractivity contribution >= 4 is 17.2 Å². The number of aromatic nitrogens is 2. The van der Waals surface area contributed by atoms with E-state index >= 15 is 0 Å². The number of nitriles is 1. The maximum Gasteiger partial charge on any atom is 0.310 e. The van der Waals surface area contributed by atoms with Crippen molar-refractivity contribution in [2.45, 2.75) is 19.4 Å². The summed E-state index contributed by atoms with van der Waals surface area (Å²) in [5.74, 6) is -0.754. The maximum absolute atomic E-state index is 11.0. The number of aliphatic hydroxyl groups is 1. The van der Waals surface area contributed by atoms with Crippen molar-refractivity contribution in [3.63, 3.8) is 0 Å². The molecule has 1 aliphatic rings. The van der Waals surface area contributed by atoms with E-state index in [1.54, 1.807) is 30.6 Å². The second kappa shape index (κ2) is 5.69. The van der Waals surface area contributed by atoms with Crippen molar-refractivity contribution in [2.75, 3.05) is 24.6 Å². The molecule has 2 aromatic rings. The van der Waals surface area contributed by atoms with Crippen LogP contribution in [0.25, 0.3) is 5.52 Å². The number of pyridine rings is 1. The Kier molecular flexibility index (Phi) is 3.81. The first-order valence-electron chi connectivity index (χ1n) is 7.53. The van der Waals surface area contributed by atoms with Gasteiger partial charge in [-0.05, 0) is 13.8 Å². The zero-order valence-corrected chi connectivity index (χ0v) is 13.4. The van der Waals surface area contributed by atoms with Crippen LogP contribution in [0.4, 0.5) is 5.69 Å². The molecule has 3 heterocycles. The van der Waals surface area contributed by atoms with Gasteiger partial charge in [0.1, 0.15) is 23.9 Å². The number of anilines is 1. The summed E-state index contributed by atoms with van der Waals surface area (Å²) in [6.45, 7) is 4.12. The molecule has 1 saturated heterocycles. The molecule has 24 heavy (non-hydrogen) atoms. The first-order chi connectivity index (χ1) is 11.3. The van der Waals surface area contributed by atoms with Crippen molar-refractivity contribution < 1.29 is 19.7 Å². The van der Waals surface area contributed by atoms with Gasteiger partial charge in [-0.2, -0.15) is 10.4 Å². The standard InChI is InChI=1S/C16H18N4O4/c1-16(2,23)9-24-12-3-13(19-6-11(7-19)15(21)22)14-10(4-17)5-18-20(14)8-12/h3,5,8,11,23H,6-7,9H2,1-2H3,(H,21,22). The molecule has 8 nitrogen and oxygen atoms in total. The molecular weight excluding hydrogens is 312 g/mol. The van der Waals surface area contributed by atoms with Gasteiger partial charge >= 0.3 is 5.97 Å². The van der Waals surface area contributed by atoms with Crippen LogP contribution in [0.1, 0.15) is 19.4 Å². The topological polar surface area (TPSA) is 111 Å². The molecule has 0 unspecified atom stereocenters. The predicted octanol–water partition coefficient (Wildman–Crippen LogP) is 0.876. The van der Waals surface area contributed by atoms with Crippen LogP contribution in [0.2, 0.25) is 0 Å². The average molecular weight is 330 g/mol. The van der Waals surface area contributed by atoms with E-state index in [9.17, 15) is 15.2 Å². The van der Waals surface area contributed by atoms with E-state index in [0.717, 1.165) is 0 Å². The summed E-state index contributed by atoms with van der Waals surface area (Å²) < 4.78 is 7.16. The summed E-state index contributed by atoms with van der Waals surface area (Å²) >= 11 is 0. The third-order valence-corrected chi connectivity index (χ3v) is 3.85. The molecule has 2 N–H and O–H groups in total. The van der Waals surface area contributed by atoms with Crippen LogP contribution in [0, 0.1) is 17.2 Å². The molecule has 126 valence electrons. The van der Waals surface area contributed by atoms with Gasteiger partial charge in [-0.25, -0.2) is 4.52 Å². The molecular formula is C16H18N4O4. The minimum atomic E-state index is -0.984. The molecule has 0 aliphatic carbocycles. The zero-order valence-electron chi connectivity index (χ0n) is 13.4. The van der Waals surface area contributed by atoms with E-state index in [-0.39, 0.29) is 6.61 Å². The monoisotopic (exact) mass is 330 g/mol. The third kappa shape index (κ3) is 2.98. The molecule has 0 aromatic carbocycles. The summed E-state index contributed by atoms with van der Waals surface area (Å²) in [7, 11) is 0. The van der Waals surface area contributed by atoms with Crippen LogP contribution in [-0.2, 0) is 4.79 Å². The van der Waals surface area contributed by atoms with E-state index in [0.29, 0.717) is 35.6 Å². The smallest absolute Gasteiger partial charge is 0.310 e. The number of fused-ring (bicyclic) bond motifs is 1. The highest BCUT2D eigenvalue weighted by Crippen LogP contribution is 2.34. The molecule has 2 aromatic heterocycles. The van der Waals surface area contributed by atoms with Gasteiger partial charge in [0.25, 0.3) is 0 Å². The van der Waals surface area contributed by atoms with E-state index in [4.69, 9.17) is 9.84 Å². The molecule has 0 spiro atoms. The number of hydrogen-bond acceptors (Lipinski definition) is 6. The molecule has 3 rings (SSSR count). The Morgan fingerprint density at radius 2 is 2.25 bits per heavy atom.